The second-order valence-electron chi connectivity index (χ2n) is 6.07. The third-order valence-electron chi connectivity index (χ3n) is 3.95. The zero-order valence-electron chi connectivity index (χ0n) is 15.0. The lowest BCUT2D eigenvalue weighted by molar-refractivity contribution is -0.124. The predicted molar refractivity (Wildman–Crippen MR) is 98.9 cm³/mol. The number of hydrogen-bond donors (Lipinski definition) is 1. The molecule has 0 bridgehead atoms. The van der Waals surface area contributed by atoms with E-state index in [4.69, 9.17) is 5.14 Å². The quantitative estimate of drug-likeness (QED) is 0.651. The fourth-order valence-electron chi connectivity index (χ4n) is 2.65. The van der Waals surface area contributed by atoms with E-state index in [1.807, 2.05) is 30.6 Å². The van der Waals surface area contributed by atoms with Gasteiger partial charge >= 0.3 is 0 Å². The average molecular weight is 372 g/mol. The van der Waals surface area contributed by atoms with Gasteiger partial charge in [0.25, 0.3) is 5.91 Å². The number of benzene rings is 1. The van der Waals surface area contributed by atoms with Crippen LogP contribution < -0.4 is 5.14 Å². The summed E-state index contributed by atoms with van der Waals surface area (Å²) in [5.41, 5.74) is 3.24. The maximum Gasteiger partial charge on any atom is 0.264 e. The van der Waals surface area contributed by atoms with Gasteiger partial charge in [0.05, 0.1) is 4.90 Å². The molecule has 0 saturated carbocycles. The minimum atomic E-state index is -3.75. The van der Waals surface area contributed by atoms with Gasteiger partial charge < -0.3 is 9.47 Å². The van der Waals surface area contributed by atoms with Gasteiger partial charge in [-0.15, -0.1) is 0 Å². The number of amides is 1. The summed E-state index contributed by atoms with van der Waals surface area (Å²) in [6.45, 7) is 3.75. The van der Waals surface area contributed by atoms with Crippen molar-refractivity contribution in [3.8, 4) is 11.8 Å². The van der Waals surface area contributed by atoms with Gasteiger partial charge in [0.1, 0.15) is 11.6 Å². The standard InChI is InChI=1S/C18H20N4O3S/c1-12-9-14(10-15(11-19)18(23)21(3)4)13(2)22(12)16-5-7-17(8-6-16)26(20,24)25/h5-10H,1-4H3,(H2,20,24,25)/b15-10-. The molecule has 1 heterocycles. The molecule has 1 aromatic heterocycles. The first kappa shape index (κ1) is 19.4. The van der Waals surface area contributed by atoms with E-state index in [1.54, 1.807) is 32.3 Å². The summed E-state index contributed by atoms with van der Waals surface area (Å²) in [7, 11) is -0.576. The fourth-order valence-corrected chi connectivity index (χ4v) is 3.17. The number of carbonyl (C=O) groups is 1. The van der Waals surface area contributed by atoms with Crippen LogP contribution in [0, 0.1) is 25.2 Å². The summed E-state index contributed by atoms with van der Waals surface area (Å²) in [5.74, 6) is -0.366. The number of primary sulfonamides is 1. The number of nitriles is 1. The number of rotatable bonds is 4. The molecule has 0 fully saturated rings. The van der Waals surface area contributed by atoms with Crippen molar-refractivity contribution in [2.24, 2.45) is 5.14 Å². The highest BCUT2D eigenvalue weighted by molar-refractivity contribution is 7.89. The molecule has 0 aliphatic rings. The summed E-state index contributed by atoms with van der Waals surface area (Å²) < 4.78 is 24.7. The second kappa shape index (κ2) is 7.15. The number of nitrogens with zero attached hydrogens (tertiary/aromatic N) is 3. The van der Waals surface area contributed by atoms with E-state index in [0.29, 0.717) is 0 Å². The van der Waals surface area contributed by atoms with Gasteiger partial charge in [0.2, 0.25) is 10.0 Å². The Kier molecular flexibility index (Phi) is 5.35. The summed E-state index contributed by atoms with van der Waals surface area (Å²) in [6, 6.07) is 9.99. The monoisotopic (exact) mass is 372 g/mol. The van der Waals surface area contributed by atoms with Crippen LogP contribution in [-0.4, -0.2) is 37.9 Å². The van der Waals surface area contributed by atoms with Gasteiger partial charge in [-0.25, -0.2) is 13.6 Å². The summed E-state index contributed by atoms with van der Waals surface area (Å²) in [4.78, 5) is 13.4. The Morgan fingerprint density at radius 1 is 1.23 bits per heavy atom. The van der Waals surface area contributed by atoms with Crippen LogP contribution in [0.3, 0.4) is 0 Å². The number of carbonyl (C=O) groups excluding carboxylic acids is 1. The fraction of sp³-hybridized carbons (Fsp3) is 0.222. The van der Waals surface area contributed by atoms with E-state index in [9.17, 15) is 18.5 Å². The normalized spacial score (nSPS) is 11.9. The Balaban J connectivity index is 2.52. The zero-order chi connectivity index (χ0) is 19.6. The Hall–Kier alpha value is -2.89. The van der Waals surface area contributed by atoms with Gasteiger partial charge in [-0.05, 0) is 55.8 Å². The first-order chi connectivity index (χ1) is 12.1. The summed E-state index contributed by atoms with van der Waals surface area (Å²) in [5, 5.41) is 14.4. The number of likely N-dealkylation sites (N-methyl/N-ethyl adjacent to an activating group) is 1. The van der Waals surface area contributed by atoms with Crippen molar-refractivity contribution in [2.45, 2.75) is 18.7 Å². The van der Waals surface area contributed by atoms with Crippen molar-refractivity contribution in [1.29, 1.82) is 5.26 Å². The average Bonchev–Trinajstić information content (AvgIpc) is 2.85. The largest absolute Gasteiger partial charge is 0.344 e. The van der Waals surface area contributed by atoms with Crippen LogP contribution >= 0.6 is 0 Å². The maximum atomic E-state index is 12.0. The first-order valence-corrected chi connectivity index (χ1v) is 9.26. The molecule has 0 aliphatic carbocycles. The molecule has 2 aromatic rings. The van der Waals surface area contributed by atoms with E-state index < -0.39 is 10.0 Å². The lowest BCUT2D eigenvalue weighted by atomic mass is 10.1. The number of aromatic nitrogens is 1. The van der Waals surface area contributed by atoms with E-state index in [2.05, 4.69) is 0 Å². The van der Waals surface area contributed by atoms with Crippen LogP contribution in [0.4, 0.5) is 0 Å². The van der Waals surface area contributed by atoms with Crippen molar-refractivity contribution in [3.05, 3.63) is 52.9 Å². The SMILES string of the molecule is Cc1cc(/C=C(/C#N)C(=O)N(C)C)c(C)n1-c1ccc(S(N)(=O)=O)cc1. The highest BCUT2D eigenvalue weighted by atomic mass is 32.2. The first-order valence-electron chi connectivity index (χ1n) is 7.72. The van der Waals surface area contributed by atoms with Crippen molar-refractivity contribution in [3.63, 3.8) is 0 Å². The zero-order valence-corrected chi connectivity index (χ0v) is 15.8. The molecule has 0 spiro atoms. The van der Waals surface area contributed by atoms with Gasteiger partial charge in [-0.2, -0.15) is 5.26 Å². The molecule has 136 valence electrons. The van der Waals surface area contributed by atoms with E-state index in [0.717, 1.165) is 22.6 Å². The van der Waals surface area contributed by atoms with Crippen molar-refractivity contribution >= 4 is 22.0 Å². The molecule has 0 aliphatic heterocycles. The topological polar surface area (TPSA) is 109 Å². The van der Waals surface area contributed by atoms with Crippen molar-refractivity contribution < 1.29 is 13.2 Å². The van der Waals surface area contributed by atoms with Crippen LogP contribution in [0.25, 0.3) is 11.8 Å². The molecular formula is C18H20N4O3S. The molecule has 8 heteroatoms. The molecule has 7 nitrogen and oxygen atoms in total. The minimum absolute atomic E-state index is 0.0344. The Labute approximate surface area is 153 Å². The highest BCUT2D eigenvalue weighted by Crippen LogP contribution is 2.24. The molecule has 1 amide bonds. The summed E-state index contributed by atoms with van der Waals surface area (Å²) >= 11 is 0. The second-order valence-corrected chi connectivity index (χ2v) is 7.63. The third kappa shape index (κ3) is 3.85. The molecule has 0 radical (unpaired) electrons. The van der Waals surface area contributed by atoms with Gasteiger partial charge in [-0.1, -0.05) is 0 Å². The Morgan fingerprint density at radius 2 is 1.81 bits per heavy atom. The number of sulfonamides is 1. The highest BCUT2D eigenvalue weighted by Gasteiger charge is 2.15. The molecule has 1 aromatic carbocycles. The van der Waals surface area contributed by atoms with Crippen LogP contribution in [-0.2, 0) is 14.8 Å². The third-order valence-corrected chi connectivity index (χ3v) is 4.88. The lowest BCUT2D eigenvalue weighted by Crippen LogP contribution is -2.22. The van der Waals surface area contributed by atoms with Gasteiger partial charge in [0, 0.05) is 31.2 Å². The van der Waals surface area contributed by atoms with E-state index in [-0.39, 0.29) is 16.4 Å². The number of nitrogens with two attached hydrogens (primary N) is 1. The van der Waals surface area contributed by atoms with Crippen LogP contribution in [0.15, 0.2) is 40.8 Å². The van der Waals surface area contributed by atoms with Crippen molar-refractivity contribution in [1.82, 2.24) is 9.47 Å². The number of aryl methyl sites for hydroxylation is 1. The van der Waals surface area contributed by atoms with Crippen LogP contribution in [0.1, 0.15) is 17.0 Å². The molecule has 0 saturated heterocycles. The molecule has 26 heavy (non-hydrogen) atoms. The lowest BCUT2D eigenvalue weighted by Gasteiger charge is -2.11. The maximum absolute atomic E-state index is 12.0. The molecule has 2 N–H and O–H groups in total. The van der Waals surface area contributed by atoms with Gasteiger partial charge in [0.15, 0.2) is 0 Å². The predicted octanol–water partition coefficient (Wildman–Crippen LogP) is 1.74. The molecular weight excluding hydrogens is 352 g/mol. The molecule has 0 atom stereocenters. The van der Waals surface area contributed by atoms with E-state index in [1.165, 1.54) is 17.0 Å². The molecule has 0 unspecified atom stereocenters. The Morgan fingerprint density at radius 3 is 2.27 bits per heavy atom. The minimum Gasteiger partial charge on any atom is -0.344 e. The van der Waals surface area contributed by atoms with Crippen LogP contribution in [0.2, 0.25) is 0 Å². The smallest absolute Gasteiger partial charge is 0.264 e. The van der Waals surface area contributed by atoms with Crippen LogP contribution in [0.5, 0.6) is 0 Å². The molecule has 2 rings (SSSR count). The van der Waals surface area contributed by atoms with Gasteiger partial charge in [-0.3, -0.25) is 4.79 Å². The van der Waals surface area contributed by atoms with Crippen molar-refractivity contribution in [2.75, 3.05) is 14.1 Å². The number of hydrogen-bond acceptors (Lipinski definition) is 4. The Bertz CT molecular complexity index is 1020. The summed E-state index contributed by atoms with van der Waals surface area (Å²) in [6.07, 6.45) is 1.56. The van der Waals surface area contributed by atoms with E-state index >= 15 is 0 Å².